The van der Waals surface area contributed by atoms with E-state index in [2.05, 4.69) is 15.9 Å². The summed E-state index contributed by atoms with van der Waals surface area (Å²) in [6.45, 7) is 0.589. The van der Waals surface area contributed by atoms with Crippen LogP contribution in [-0.4, -0.2) is 18.5 Å². The Morgan fingerprint density at radius 2 is 2.33 bits per heavy atom. The molecule has 2 rings (SSSR count). The molecule has 0 amide bonds. The van der Waals surface area contributed by atoms with Crippen LogP contribution in [0.3, 0.4) is 0 Å². The number of Topliss-reactive ketones (excluding diaryl/α,β-unsaturated/α-hetero) is 1. The number of halogens is 2. The molecular formula is C11H10BrFO2. The van der Waals surface area contributed by atoms with Crippen LogP contribution in [0.1, 0.15) is 23.2 Å². The Morgan fingerprint density at radius 3 is 3.00 bits per heavy atom. The first-order valence-corrected chi connectivity index (χ1v) is 5.59. The van der Waals surface area contributed by atoms with Gasteiger partial charge < -0.3 is 4.74 Å². The van der Waals surface area contributed by atoms with Gasteiger partial charge in [-0.2, -0.15) is 0 Å². The molecule has 1 aromatic rings. The largest absolute Gasteiger partial charge is 0.370 e. The zero-order chi connectivity index (χ0) is 10.8. The molecule has 1 aromatic carbocycles. The molecule has 0 spiro atoms. The van der Waals surface area contributed by atoms with Crippen molar-refractivity contribution in [2.75, 3.05) is 6.61 Å². The van der Waals surface area contributed by atoms with Crippen LogP contribution in [-0.2, 0) is 4.74 Å². The van der Waals surface area contributed by atoms with Crippen molar-refractivity contribution in [1.82, 2.24) is 0 Å². The van der Waals surface area contributed by atoms with E-state index < -0.39 is 11.9 Å². The standard InChI is InChI=1S/C11H10BrFO2/c12-8-4-1-3-7(10(8)13)11(14)9-5-2-6-15-9/h1,3-4,9H,2,5-6H2/t9-/m1/s1. The van der Waals surface area contributed by atoms with Crippen molar-refractivity contribution in [3.8, 4) is 0 Å². The average Bonchev–Trinajstić information content (AvgIpc) is 2.74. The molecule has 1 aliphatic heterocycles. The Bertz CT molecular complexity index is 386. The second-order valence-electron chi connectivity index (χ2n) is 3.47. The van der Waals surface area contributed by atoms with E-state index in [-0.39, 0.29) is 11.3 Å². The van der Waals surface area contributed by atoms with Crippen LogP contribution < -0.4 is 0 Å². The summed E-state index contributed by atoms with van der Waals surface area (Å²) in [7, 11) is 0. The molecular weight excluding hydrogens is 263 g/mol. The molecule has 0 aromatic heterocycles. The molecule has 1 atom stereocenters. The van der Waals surface area contributed by atoms with Crippen LogP contribution in [0.2, 0.25) is 0 Å². The molecule has 0 aliphatic carbocycles. The third-order valence-corrected chi connectivity index (χ3v) is 3.05. The maximum atomic E-state index is 13.6. The van der Waals surface area contributed by atoms with Crippen molar-refractivity contribution < 1.29 is 13.9 Å². The maximum Gasteiger partial charge on any atom is 0.194 e. The minimum absolute atomic E-state index is 0.108. The van der Waals surface area contributed by atoms with Crippen molar-refractivity contribution in [3.63, 3.8) is 0 Å². The third-order valence-electron chi connectivity index (χ3n) is 2.44. The molecule has 15 heavy (non-hydrogen) atoms. The summed E-state index contributed by atoms with van der Waals surface area (Å²) < 4.78 is 19.1. The van der Waals surface area contributed by atoms with Gasteiger partial charge in [-0.15, -0.1) is 0 Å². The zero-order valence-electron chi connectivity index (χ0n) is 8.00. The molecule has 1 saturated heterocycles. The molecule has 80 valence electrons. The molecule has 4 heteroatoms. The Balaban J connectivity index is 2.28. The molecule has 2 nitrogen and oxygen atoms in total. The lowest BCUT2D eigenvalue weighted by Crippen LogP contribution is -2.20. The Hall–Kier alpha value is -0.740. The number of ketones is 1. The highest BCUT2D eigenvalue weighted by atomic mass is 79.9. The van der Waals surface area contributed by atoms with Crippen molar-refractivity contribution in [3.05, 3.63) is 34.1 Å². The SMILES string of the molecule is O=C(c1cccc(Br)c1F)[C@H]1CCCO1. The second kappa shape index (κ2) is 4.41. The first kappa shape index (κ1) is 10.8. The van der Waals surface area contributed by atoms with E-state index in [0.29, 0.717) is 17.5 Å². The fraction of sp³-hybridized carbons (Fsp3) is 0.364. The predicted octanol–water partition coefficient (Wildman–Crippen LogP) is 2.95. The molecule has 0 N–H and O–H groups in total. The Labute approximate surface area is 95.6 Å². The molecule has 0 saturated carbocycles. The smallest absolute Gasteiger partial charge is 0.194 e. The molecule has 0 radical (unpaired) electrons. The third kappa shape index (κ3) is 2.11. The Morgan fingerprint density at radius 1 is 1.53 bits per heavy atom. The summed E-state index contributed by atoms with van der Waals surface area (Å²) in [4.78, 5) is 11.8. The van der Waals surface area contributed by atoms with Gasteiger partial charge in [-0.25, -0.2) is 4.39 Å². The average molecular weight is 273 g/mol. The van der Waals surface area contributed by atoms with Crippen molar-refractivity contribution in [2.24, 2.45) is 0 Å². The van der Waals surface area contributed by atoms with Gasteiger partial charge in [-0.1, -0.05) is 6.07 Å². The second-order valence-corrected chi connectivity index (χ2v) is 4.32. The first-order valence-electron chi connectivity index (χ1n) is 4.80. The van der Waals surface area contributed by atoms with E-state index in [1.54, 1.807) is 12.1 Å². The Kier molecular flexibility index (Phi) is 3.17. The van der Waals surface area contributed by atoms with Crippen LogP contribution in [0.5, 0.6) is 0 Å². The summed E-state index contributed by atoms with van der Waals surface area (Å²) >= 11 is 3.05. The molecule has 1 aliphatic rings. The van der Waals surface area contributed by atoms with Gasteiger partial charge in [0.05, 0.1) is 10.0 Å². The van der Waals surface area contributed by atoms with E-state index in [1.165, 1.54) is 6.07 Å². The number of carbonyl (C=O) groups excluding carboxylic acids is 1. The van der Waals surface area contributed by atoms with Crippen LogP contribution in [0.4, 0.5) is 4.39 Å². The number of benzene rings is 1. The number of hydrogen-bond donors (Lipinski definition) is 0. The van der Waals surface area contributed by atoms with Crippen LogP contribution in [0.25, 0.3) is 0 Å². The minimum Gasteiger partial charge on any atom is -0.370 e. The van der Waals surface area contributed by atoms with Crippen molar-refractivity contribution >= 4 is 21.7 Å². The van der Waals surface area contributed by atoms with Gasteiger partial charge in [0.2, 0.25) is 0 Å². The highest BCUT2D eigenvalue weighted by Crippen LogP contribution is 2.23. The highest BCUT2D eigenvalue weighted by molar-refractivity contribution is 9.10. The summed E-state index contributed by atoms with van der Waals surface area (Å²) in [5.41, 5.74) is 0.108. The minimum atomic E-state index is -0.502. The first-order chi connectivity index (χ1) is 7.20. The topological polar surface area (TPSA) is 26.3 Å². The van der Waals surface area contributed by atoms with E-state index in [1.807, 2.05) is 0 Å². The lowest BCUT2D eigenvalue weighted by molar-refractivity contribution is 0.0638. The van der Waals surface area contributed by atoms with Gasteiger partial charge in [-0.3, -0.25) is 4.79 Å². The normalized spacial score (nSPS) is 20.5. The summed E-state index contributed by atoms with van der Waals surface area (Å²) in [5.74, 6) is -0.760. The summed E-state index contributed by atoms with van der Waals surface area (Å²) in [6, 6.07) is 4.71. The monoisotopic (exact) mass is 272 g/mol. The van der Waals surface area contributed by atoms with E-state index >= 15 is 0 Å². The van der Waals surface area contributed by atoms with Crippen molar-refractivity contribution in [1.29, 1.82) is 0 Å². The number of rotatable bonds is 2. The lowest BCUT2D eigenvalue weighted by atomic mass is 10.0. The number of hydrogen-bond acceptors (Lipinski definition) is 2. The van der Waals surface area contributed by atoms with Gasteiger partial charge in [0, 0.05) is 6.61 Å². The highest BCUT2D eigenvalue weighted by Gasteiger charge is 2.27. The lowest BCUT2D eigenvalue weighted by Gasteiger charge is -2.09. The van der Waals surface area contributed by atoms with E-state index in [4.69, 9.17) is 4.74 Å². The number of carbonyl (C=O) groups is 1. The van der Waals surface area contributed by atoms with Gasteiger partial charge in [0.15, 0.2) is 5.78 Å². The predicted molar refractivity (Wildman–Crippen MR) is 57.4 cm³/mol. The van der Waals surface area contributed by atoms with Gasteiger partial charge in [0.1, 0.15) is 11.9 Å². The molecule has 1 fully saturated rings. The van der Waals surface area contributed by atoms with E-state index in [9.17, 15) is 9.18 Å². The molecule has 1 heterocycles. The molecule has 0 unspecified atom stereocenters. The summed E-state index contributed by atoms with van der Waals surface area (Å²) in [5, 5.41) is 0. The van der Waals surface area contributed by atoms with Crippen LogP contribution >= 0.6 is 15.9 Å². The molecule has 0 bridgehead atoms. The van der Waals surface area contributed by atoms with Crippen LogP contribution in [0.15, 0.2) is 22.7 Å². The zero-order valence-corrected chi connectivity index (χ0v) is 9.59. The summed E-state index contributed by atoms with van der Waals surface area (Å²) in [6.07, 6.45) is 1.09. The van der Waals surface area contributed by atoms with Gasteiger partial charge in [0.25, 0.3) is 0 Å². The fourth-order valence-electron chi connectivity index (χ4n) is 1.65. The maximum absolute atomic E-state index is 13.6. The van der Waals surface area contributed by atoms with Gasteiger partial charge in [-0.05, 0) is 40.9 Å². The van der Waals surface area contributed by atoms with Gasteiger partial charge >= 0.3 is 0 Å². The van der Waals surface area contributed by atoms with Crippen molar-refractivity contribution in [2.45, 2.75) is 18.9 Å². The fourth-order valence-corrected chi connectivity index (χ4v) is 2.02. The number of ether oxygens (including phenoxy) is 1. The van der Waals surface area contributed by atoms with E-state index in [0.717, 1.165) is 6.42 Å². The van der Waals surface area contributed by atoms with Crippen LogP contribution in [0, 0.1) is 5.82 Å². The quantitative estimate of drug-likeness (QED) is 0.774.